The van der Waals surface area contributed by atoms with Crippen LogP contribution in [0.4, 0.5) is 13.2 Å². The van der Waals surface area contributed by atoms with E-state index in [-0.39, 0.29) is 42.7 Å². The number of rotatable bonds is 14. The van der Waals surface area contributed by atoms with Crippen LogP contribution in [0.1, 0.15) is 39.0 Å². The van der Waals surface area contributed by atoms with Crippen molar-refractivity contribution in [3.05, 3.63) is 161 Å². The Balaban J connectivity index is 1.34. The Bertz CT molecular complexity index is 2090. The largest absolute Gasteiger partial charge is 0.456 e. The van der Waals surface area contributed by atoms with Gasteiger partial charge in [0.2, 0.25) is 17.6 Å². The molecular weight excluding hydrogens is 757 g/mol. The number of alkyl halides is 3. The van der Waals surface area contributed by atoms with Crippen LogP contribution < -0.4 is 5.32 Å². The number of halogens is 3. The number of amides is 2. The molecule has 1 aliphatic carbocycles. The number of aliphatic hydroxyl groups is 1. The summed E-state index contributed by atoms with van der Waals surface area (Å²) < 4.78 is 61.8. The van der Waals surface area contributed by atoms with E-state index < -0.39 is 66.7 Å². The molecule has 0 spiro atoms. The van der Waals surface area contributed by atoms with Gasteiger partial charge in [0, 0.05) is 49.2 Å². The molecule has 4 aromatic carbocycles. The molecule has 0 aromatic heterocycles. The molecule has 0 radical (unpaired) electrons. The molecule has 4 atom stereocenters. The van der Waals surface area contributed by atoms with E-state index in [1.54, 1.807) is 18.2 Å². The van der Waals surface area contributed by atoms with Crippen molar-refractivity contribution in [2.24, 2.45) is 0 Å². The standard InChI is InChI=1S/C44H41F3N2O9/c1-49(35(40(52)48-23-24-50)25-29-13-5-2-6-14-29)41(53)31-26-36(56-42(54)34-20-12-11-15-30(34)21-22-38(51)55-28-43(45,46)47)39-37(27-31)57-44(58-39,32-16-7-3-8-17-32)33-18-9-4-10-19-33/h2-22,27,35-37,39,50H,23-26,28H2,1H3,(H,48,52)/t35-,36-,37-,39+/m1/s1. The van der Waals surface area contributed by atoms with Crippen LogP contribution in [0.2, 0.25) is 0 Å². The highest BCUT2D eigenvalue weighted by molar-refractivity contribution is 5.98. The Morgan fingerprint density at radius 3 is 2.12 bits per heavy atom. The summed E-state index contributed by atoms with van der Waals surface area (Å²) in [5.74, 6) is -4.66. The second kappa shape index (κ2) is 18.4. The van der Waals surface area contributed by atoms with Gasteiger partial charge < -0.3 is 34.3 Å². The first kappa shape index (κ1) is 41.5. The van der Waals surface area contributed by atoms with Crippen molar-refractivity contribution in [3.8, 4) is 0 Å². The summed E-state index contributed by atoms with van der Waals surface area (Å²) in [7, 11) is 1.49. The Labute approximate surface area is 332 Å². The van der Waals surface area contributed by atoms with Crippen LogP contribution in [0.25, 0.3) is 6.08 Å². The van der Waals surface area contributed by atoms with E-state index in [0.717, 1.165) is 17.7 Å². The van der Waals surface area contributed by atoms with E-state index in [0.29, 0.717) is 11.1 Å². The Kier molecular flexibility index (Phi) is 13.2. The maximum absolute atomic E-state index is 14.5. The number of hydrogen-bond acceptors (Lipinski definition) is 9. The van der Waals surface area contributed by atoms with E-state index in [2.05, 4.69) is 10.1 Å². The maximum atomic E-state index is 14.5. The molecule has 1 heterocycles. The van der Waals surface area contributed by atoms with Gasteiger partial charge in [-0.05, 0) is 29.3 Å². The zero-order valence-corrected chi connectivity index (χ0v) is 31.3. The average Bonchev–Trinajstić information content (AvgIpc) is 3.65. The molecule has 2 amide bonds. The summed E-state index contributed by atoms with van der Waals surface area (Å²) in [6.07, 6.45) is -4.23. The number of benzene rings is 4. The molecule has 2 N–H and O–H groups in total. The minimum atomic E-state index is -4.72. The monoisotopic (exact) mass is 798 g/mol. The van der Waals surface area contributed by atoms with Crippen LogP contribution in [0.5, 0.6) is 0 Å². The third kappa shape index (κ3) is 9.88. The minimum absolute atomic E-state index is 0.0196. The zero-order chi connectivity index (χ0) is 41.3. The fourth-order valence-corrected chi connectivity index (χ4v) is 6.88. The number of ether oxygens (including phenoxy) is 4. The smallest absolute Gasteiger partial charge is 0.422 e. The summed E-state index contributed by atoms with van der Waals surface area (Å²) in [4.78, 5) is 55.3. The molecule has 4 aromatic rings. The van der Waals surface area contributed by atoms with Crippen LogP contribution in [-0.2, 0) is 45.5 Å². The third-order valence-electron chi connectivity index (χ3n) is 9.65. The van der Waals surface area contributed by atoms with Gasteiger partial charge in [0.05, 0.1) is 12.2 Å². The topological polar surface area (TPSA) is 141 Å². The number of fused-ring (bicyclic) bond motifs is 1. The van der Waals surface area contributed by atoms with Gasteiger partial charge in [-0.2, -0.15) is 13.2 Å². The molecule has 2 aliphatic rings. The quantitative estimate of drug-likeness (QED) is 0.125. The lowest BCUT2D eigenvalue weighted by molar-refractivity contribution is -0.182. The summed E-state index contributed by atoms with van der Waals surface area (Å²) >= 11 is 0. The van der Waals surface area contributed by atoms with Crippen molar-refractivity contribution >= 4 is 29.8 Å². The summed E-state index contributed by atoms with van der Waals surface area (Å²) in [6, 6.07) is 32.4. The van der Waals surface area contributed by atoms with Gasteiger partial charge in [-0.1, -0.05) is 109 Å². The van der Waals surface area contributed by atoms with Crippen LogP contribution in [-0.4, -0.2) is 91.1 Å². The molecule has 58 heavy (non-hydrogen) atoms. The molecule has 14 heteroatoms. The van der Waals surface area contributed by atoms with E-state index in [1.165, 1.54) is 24.1 Å². The van der Waals surface area contributed by atoms with Crippen LogP contribution in [0.3, 0.4) is 0 Å². The van der Waals surface area contributed by atoms with E-state index in [9.17, 15) is 37.5 Å². The molecule has 0 unspecified atom stereocenters. The maximum Gasteiger partial charge on any atom is 0.422 e. The first-order valence-corrected chi connectivity index (χ1v) is 18.5. The number of aliphatic hydroxyl groups excluding tert-OH is 1. The molecular formula is C44H41F3N2O9. The lowest BCUT2D eigenvalue weighted by atomic mass is 9.90. The third-order valence-corrected chi connectivity index (χ3v) is 9.65. The average molecular weight is 799 g/mol. The van der Waals surface area contributed by atoms with E-state index >= 15 is 0 Å². The predicted octanol–water partition coefficient (Wildman–Crippen LogP) is 5.52. The lowest BCUT2D eigenvalue weighted by Crippen LogP contribution is -2.51. The molecule has 0 bridgehead atoms. The summed E-state index contributed by atoms with van der Waals surface area (Å²) in [5.41, 5.74) is 2.36. The molecule has 6 rings (SSSR count). The SMILES string of the molecule is CN(C(=O)C1=C[C@H]2OC(c3ccccc3)(c3ccccc3)O[C@H]2[C@H](OC(=O)c2ccccc2C=CC(=O)OCC(F)(F)F)C1)[C@H](Cc1ccccc1)C(=O)NCCO. The Morgan fingerprint density at radius 1 is 0.897 bits per heavy atom. The van der Waals surface area contributed by atoms with E-state index in [1.807, 2.05) is 91.0 Å². The predicted molar refractivity (Wildman–Crippen MR) is 205 cm³/mol. The molecule has 1 saturated heterocycles. The van der Waals surface area contributed by atoms with Crippen molar-refractivity contribution < 1.29 is 56.4 Å². The zero-order valence-electron chi connectivity index (χ0n) is 31.3. The number of nitrogens with one attached hydrogen (secondary N) is 1. The Hall–Kier alpha value is -6.09. The normalized spacial score (nSPS) is 19.1. The van der Waals surface area contributed by atoms with Crippen LogP contribution >= 0.6 is 0 Å². The van der Waals surface area contributed by atoms with Gasteiger partial charge in [0.15, 0.2) is 6.61 Å². The van der Waals surface area contributed by atoms with Gasteiger partial charge in [-0.15, -0.1) is 0 Å². The Morgan fingerprint density at radius 2 is 1.50 bits per heavy atom. The highest BCUT2D eigenvalue weighted by atomic mass is 19.4. The van der Waals surface area contributed by atoms with Crippen LogP contribution in [0, 0.1) is 0 Å². The molecule has 1 aliphatic heterocycles. The fourth-order valence-electron chi connectivity index (χ4n) is 6.88. The molecule has 1 fully saturated rings. The molecule has 0 saturated carbocycles. The van der Waals surface area contributed by atoms with Gasteiger partial charge in [-0.25, -0.2) is 9.59 Å². The van der Waals surface area contributed by atoms with Crippen molar-refractivity contribution in [2.75, 3.05) is 26.8 Å². The van der Waals surface area contributed by atoms with E-state index in [4.69, 9.17) is 14.2 Å². The summed E-state index contributed by atoms with van der Waals surface area (Å²) in [6.45, 7) is -2.09. The van der Waals surface area contributed by atoms with Crippen molar-refractivity contribution in [1.82, 2.24) is 10.2 Å². The first-order chi connectivity index (χ1) is 27.9. The van der Waals surface area contributed by atoms with Gasteiger partial charge in [0.1, 0.15) is 24.4 Å². The van der Waals surface area contributed by atoms with Gasteiger partial charge >= 0.3 is 18.1 Å². The highest BCUT2D eigenvalue weighted by Gasteiger charge is 2.55. The summed E-state index contributed by atoms with van der Waals surface area (Å²) in [5, 5.41) is 12.1. The van der Waals surface area contributed by atoms with Crippen molar-refractivity contribution in [2.45, 2.75) is 49.2 Å². The molecule has 11 nitrogen and oxygen atoms in total. The second-order valence-corrected chi connectivity index (χ2v) is 13.6. The number of carbonyl (C=O) groups excluding carboxylic acids is 4. The van der Waals surface area contributed by atoms with Crippen molar-refractivity contribution in [3.63, 3.8) is 0 Å². The minimum Gasteiger partial charge on any atom is -0.456 e. The number of likely N-dealkylation sites (N-methyl/N-ethyl adjacent to an activating group) is 1. The second-order valence-electron chi connectivity index (χ2n) is 13.6. The highest BCUT2D eigenvalue weighted by Crippen LogP contribution is 2.47. The number of esters is 2. The van der Waals surface area contributed by atoms with Gasteiger partial charge in [0.25, 0.3) is 0 Å². The van der Waals surface area contributed by atoms with Crippen LogP contribution in [0.15, 0.2) is 133 Å². The van der Waals surface area contributed by atoms with Gasteiger partial charge in [-0.3, -0.25) is 9.59 Å². The van der Waals surface area contributed by atoms with Crippen molar-refractivity contribution in [1.29, 1.82) is 0 Å². The molecule has 302 valence electrons. The lowest BCUT2D eigenvalue weighted by Gasteiger charge is -2.33. The fraction of sp³-hybridized carbons (Fsp3) is 0.273. The first-order valence-electron chi connectivity index (χ1n) is 18.5. The number of carbonyl (C=O) groups is 4. The number of nitrogens with zero attached hydrogens (tertiary/aromatic N) is 1. The number of hydrogen-bond donors (Lipinski definition) is 2.